The van der Waals surface area contributed by atoms with Gasteiger partial charge < -0.3 is 9.64 Å². The number of benzene rings is 1. The molecule has 4 rings (SSSR count). The molecule has 1 aromatic carbocycles. The van der Waals surface area contributed by atoms with Crippen molar-refractivity contribution in [3.8, 4) is 5.69 Å². The number of hydrogen-bond acceptors (Lipinski definition) is 5. The Bertz CT molecular complexity index is 717. The number of ether oxygens (including phenoxy) is 1. The van der Waals surface area contributed by atoms with Crippen molar-refractivity contribution in [2.24, 2.45) is 5.92 Å². The van der Waals surface area contributed by atoms with Crippen molar-refractivity contribution in [2.45, 2.75) is 12.6 Å². The average molecular weight is 327 g/mol. The van der Waals surface area contributed by atoms with E-state index in [-0.39, 0.29) is 17.9 Å². The summed E-state index contributed by atoms with van der Waals surface area (Å²) in [6.07, 6.45) is 1.96. The molecule has 7 heteroatoms. The number of nitrogens with zero attached hydrogens (tertiary/aromatic N) is 5. The largest absolute Gasteiger partial charge is 0.378 e. The Hall–Kier alpha value is -2.25. The van der Waals surface area contributed by atoms with Crippen LogP contribution in [0.3, 0.4) is 0 Å². The van der Waals surface area contributed by atoms with E-state index in [4.69, 9.17) is 4.74 Å². The van der Waals surface area contributed by atoms with E-state index < -0.39 is 0 Å². The van der Waals surface area contributed by atoms with Gasteiger partial charge in [-0.1, -0.05) is 23.4 Å². The molecule has 2 aliphatic heterocycles. The zero-order chi connectivity index (χ0) is 16.5. The Labute approximate surface area is 140 Å². The molecule has 0 spiro atoms. The van der Waals surface area contributed by atoms with Gasteiger partial charge in [-0.2, -0.15) is 0 Å². The summed E-state index contributed by atoms with van der Waals surface area (Å²) in [6.45, 7) is 3.31. The van der Waals surface area contributed by atoms with Crippen molar-refractivity contribution in [1.29, 1.82) is 0 Å². The number of aromatic nitrogens is 3. The maximum Gasteiger partial charge on any atom is 0.229 e. The molecule has 126 valence electrons. The molecule has 2 saturated heterocycles. The summed E-state index contributed by atoms with van der Waals surface area (Å²) in [5.74, 6) is 0.0969. The first-order valence-electron chi connectivity index (χ1n) is 8.24. The second-order valence-electron chi connectivity index (χ2n) is 6.52. The van der Waals surface area contributed by atoms with Gasteiger partial charge in [0.05, 0.1) is 42.8 Å². The smallest absolute Gasteiger partial charge is 0.229 e. The highest BCUT2D eigenvalue weighted by Crippen LogP contribution is 2.20. The monoisotopic (exact) mass is 327 g/mol. The summed E-state index contributed by atoms with van der Waals surface area (Å²) in [7, 11) is 1.88. The molecule has 2 aliphatic rings. The van der Waals surface area contributed by atoms with Gasteiger partial charge in [0.2, 0.25) is 5.91 Å². The van der Waals surface area contributed by atoms with Crippen molar-refractivity contribution < 1.29 is 9.53 Å². The van der Waals surface area contributed by atoms with Crippen LogP contribution in [0.2, 0.25) is 0 Å². The van der Waals surface area contributed by atoms with Gasteiger partial charge in [0.1, 0.15) is 0 Å². The third kappa shape index (κ3) is 2.92. The Morgan fingerprint density at radius 2 is 2.04 bits per heavy atom. The number of rotatable bonds is 3. The Kier molecular flexibility index (Phi) is 4.03. The van der Waals surface area contributed by atoms with E-state index in [1.165, 1.54) is 0 Å². The predicted octanol–water partition coefficient (Wildman–Crippen LogP) is 0.556. The molecule has 0 unspecified atom stereocenters. The van der Waals surface area contributed by atoms with Crippen molar-refractivity contribution in [2.75, 3.05) is 33.4 Å². The third-order valence-electron chi connectivity index (χ3n) is 4.77. The Balaban J connectivity index is 1.50. The quantitative estimate of drug-likeness (QED) is 0.824. The highest BCUT2D eigenvalue weighted by molar-refractivity contribution is 5.79. The molecule has 3 heterocycles. The lowest BCUT2D eigenvalue weighted by Crippen LogP contribution is -2.42. The van der Waals surface area contributed by atoms with Crippen LogP contribution in [0.4, 0.5) is 0 Å². The van der Waals surface area contributed by atoms with E-state index in [1.807, 2.05) is 48.5 Å². The molecular formula is C17H21N5O2. The Morgan fingerprint density at radius 3 is 2.88 bits per heavy atom. The van der Waals surface area contributed by atoms with Crippen LogP contribution in [0, 0.1) is 5.92 Å². The molecule has 1 aromatic heterocycles. The standard InChI is InChI=1S/C17H21N5O2/c1-20-16-10-21(7-13(17(20)23)11-24-12-16)8-14-9-22(19-18-14)15-5-3-2-4-6-15/h2-6,9,13,16H,7-8,10-12H2,1H3/t13-,16+/m1/s1. The summed E-state index contributed by atoms with van der Waals surface area (Å²) in [6, 6.07) is 10.0. The molecular weight excluding hydrogens is 306 g/mol. The highest BCUT2D eigenvalue weighted by atomic mass is 16.5. The fourth-order valence-electron chi connectivity index (χ4n) is 3.42. The molecule has 0 radical (unpaired) electrons. The SMILES string of the molecule is CN1C(=O)[C@H]2COC[C@@H]1CN(Cc1cn(-c3ccccc3)nn1)C2. The molecule has 0 aliphatic carbocycles. The van der Waals surface area contributed by atoms with Crippen LogP contribution < -0.4 is 0 Å². The number of carbonyl (C=O) groups is 1. The number of para-hydroxylation sites is 1. The van der Waals surface area contributed by atoms with Crippen LogP contribution in [0.15, 0.2) is 36.5 Å². The molecule has 0 N–H and O–H groups in total. The first kappa shape index (κ1) is 15.3. The van der Waals surface area contributed by atoms with Gasteiger partial charge in [-0.05, 0) is 12.1 Å². The number of hydrogen-bond donors (Lipinski definition) is 0. The van der Waals surface area contributed by atoms with Crippen LogP contribution in [-0.2, 0) is 16.1 Å². The minimum absolute atomic E-state index is 0.0910. The maximum absolute atomic E-state index is 12.4. The van der Waals surface area contributed by atoms with Crippen molar-refractivity contribution in [1.82, 2.24) is 24.8 Å². The van der Waals surface area contributed by atoms with E-state index in [2.05, 4.69) is 15.2 Å². The zero-order valence-electron chi connectivity index (χ0n) is 13.7. The van der Waals surface area contributed by atoms with Crippen molar-refractivity contribution in [3.05, 3.63) is 42.2 Å². The first-order valence-corrected chi connectivity index (χ1v) is 8.24. The van der Waals surface area contributed by atoms with Crippen molar-refractivity contribution >= 4 is 5.91 Å². The Morgan fingerprint density at radius 1 is 1.21 bits per heavy atom. The van der Waals surface area contributed by atoms with E-state index in [1.54, 1.807) is 4.68 Å². The van der Waals surface area contributed by atoms with Crippen molar-refractivity contribution in [3.63, 3.8) is 0 Å². The van der Waals surface area contributed by atoms with Crippen LogP contribution in [0.1, 0.15) is 5.69 Å². The molecule has 2 fully saturated rings. The molecule has 24 heavy (non-hydrogen) atoms. The van der Waals surface area contributed by atoms with Gasteiger partial charge in [0.25, 0.3) is 0 Å². The summed E-state index contributed by atoms with van der Waals surface area (Å²) >= 11 is 0. The van der Waals surface area contributed by atoms with Gasteiger partial charge in [0.15, 0.2) is 0 Å². The van der Waals surface area contributed by atoms with Gasteiger partial charge in [-0.3, -0.25) is 9.69 Å². The molecule has 7 nitrogen and oxygen atoms in total. The lowest BCUT2D eigenvalue weighted by molar-refractivity contribution is -0.133. The molecule has 2 atom stereocenters. The number of amides is 1. The van der Waals surface area contributed by atoms with E-state index in [0.29, 0.717) is 26.3 Å². The van der Waals surface area contributed by atoms with Gasteiger partial charge in [-0.25, -0.2) is 4.68 Å². The van der Waals surface area contributed by atoms with E-state index in [0.717, 1.165) is 17.9 Å². The topological polar surface area (TPSA) is 63.5 Å². The molecule has 0 saturated carbocycles. The van der Waals surface area contributed by atoms with Crippen LogP contribution >= 0.6 is 0 Å². The summed E-state index contributed by atoms with van der Waals surface area (Å²) in [4.78, 5) is 16.5. The van der Waals surface area contributed by atoms with Crippen LogP contribution in [0.25, 0.3) is 5.69 Å². The molecule has 1 amide bonds. The lowest BCUT2D eigenvalue weighted by atomic mass is 10.1. The lowest BCUT2D eigenvalue weighted by Gasteiger charge is -2.28. The van der Waals surface area contributed by atoms with Gasteiger partial charge in [-0.15, -0.1) is 5.10 Å². The predicted molar refractivity (Wildman–Crippen MR) is 87.5 cm³/mol. The number of likely N-dealkylation sites (N-methyl/N-ethyl adjacent to an activating group) is 1. The number of carbonyl (C=O) groups excluding carboxylic acids is 1. The third-order valence-corrected chi connectivity index (χ3v) is 4.77. The summed E-state index contributed by atoms with van der Waals surface area (Å²) < 4.78 is 7.43. The summed E-state index contributed by atoms with van der Waals surface area (Å²) in [5.41, 5.74) is 1.90. The fraction of sp³-hybridized carbons (Fsp3) is 0.471. The minimum atomic E-state index is -0.0910. The molecule has 2 bridgehead atoms. The minimum Gasteiger partial charge on any atom is -0.378 e. The fourth-order valence-corrected chi connectivity index (χ4v) is 3.42. The van der Waals surface area contributed by atoms with Crippen LogP contribution in [0.5, 0.6) is 0 Å². The second-order valence-corrected chi connectivity index (χ2v) is 6.52. The summed E-state index contributed by atoms with van der Waals surface area (Å²) in [5, 5.41) is 8.51. The first-order chi connectivity index (χ1) is 11.7. The second kappa shape index (κ2) is 6.33. The highest BCUT2D eigenvalue weighted by Gasteiger charge is 2.37. The molecule has 2 aromatic rings. The number of fused-ring (bicyclic) bond motifs is 3. The van der Waals surface area contributed by atoms with Gasteiger partial charge >= 0.3 is 0 Å². The van der Waals surface area contributed by atoms with Gasteiger partial charge in [0, 0.05) is 26.7 Å². The van der Waals surface area contributed by atoms with E-state index in [9.17, 15) is 4.79 Å². The van der Waals surface area contributed by atoms with E-state index >= 15 is 0 Å². The maximum atomic E-state index is 12.4. The zero-order valence-corrected chi connectivity index (χ0v) is 13.7. The normalized spacial score (nSPS) is 24.9. The average Bonchev–Trinajstić information content (AvgIpc) is 2.96. The van der Waals surface area contributed by atoms with Crippen LogP contribution in [-0.4, -0.2) is 70.1 Å².